The van der Waals surface area contributed by atoms with Crippen molar-refractivity contribution in [2.45, 2.75) is 6.92 Å². The van der Waals surface area contributed by atoms with E-state index in [1.807, 2.05) is 61.5 Å². The first-order chi connectivity index (χ1) is 13.5. The number of pyridine rings is 1. The maximum absolute atomic E-state index is 13.1. The number of hydrogen-bond donors (Lipinski definition) is 1. The van der Waals surface area contributed by atoms with Gasteiger partial charge in [-0.25, -0.2) is 4.98 Å². The number of rotatable bonds is 3. The number of aromatic nitrogens is 1. The van der Waals surface area contributed by atoms with Crippen molar-refractivity contribution in [1.82, 2.24) is 4.98 Å². The second-order valence-corrected chi connectivity index (χ2v) is 7.31. The van der Waals surface area contributed by atoms with Crippen LogP contribution in [0, 0.1) is 6.92 Å². The fourth-order valence-corrected chi connectivity index (χ4v) is 3.59. The molecular weight excluding hydrogens is 391 g/mol. The summed E-state index contributed by atoms with van der Waals surface area (Å²) >= 11 is 12.4. The molecule has 0 bridgehead atoms. The molecule has 4 aromatic rings. The largest absolute Gasteiger partial charge is 0.322 e. The molecular formula is C23H16Cl2N2O. The summed E-state index contributed by atoms with van der Waals surface area (Å²) in [5.74, 6) is -0.211. The van der Waals surface area contributed by atoms with E-state index in [0.717, 1.165) is 27.7 Å². The Morgan fingerprint density at radius 2 is 1.68 bits per heavy atom. The van der Waals surface area contributed by atoms with E-state index in [1.54, 1.807) is 18.2 Å². The third-order valence-corrected chi connectivity index (χ3v) is 5.11. The molecule has 0 atom stereocenters. The van der Waals surface area contributed by atoms with Crippen LogP contribution in [0.1, 0.15) is 15.9 Å². The minimum Gasteiger partial charge on any atom is -0.322 e. The second-order valence-electron chi connectivity index (χ2n) is 6.47. The number of nitrogens with zero attached hydrogens (tertiary/aromatic N) is 1. The maximum atomic E-state index is 13.1. The number of para-hydroxylation sites is 1. The molecule has 3 nitrogen and oxygen atoms in total. The van der Waals surface area contributed by atoms with Crippen molar-refractivity contribution in [3.05, 3.63) is 94.0 Å². The summed E-state index contributed by atoms with van der Waals surface area (Å²) in [6.07, 6.45) is 0. The number of anilines is 1. The lowest BCUT2D eigenvalue weighted by molar-refractivity contribution is 0.102. The molecule has 0 fully saturated rings. The van der Waals surface area contributed by atoms with E-state index in [4.69, 9.17) is 28.2 Å². The molecule has 1 N–H and O–H groups in total. The van der Waals surface area contributed by atoms with E-state index in [1.165, 1.54) is 0 Å². The highest BCUT2D eigenvalue weighted by atomic mass is 35.5. The van der Waals surface area contributed by atoms with Crippen LogP contribution in [0.5, 0.6) is 0 Å². The number of carbonyl (C=O) groups is 1. The zero-order valence-electron chi connectivity index (χ0n) is 15.0. The van der Waals surface area contributed by atoms with Crippen LogP contribution in [0.2, 0.25) is 10.0 Å². The Hall–Kier alpha value is -2.88. The molecule has 1 heterocycles. The first-order valence-electron chi connectivity index (χ1n) is 8.75. The lowest BCUT2D eigenvalue weighted by Gasteiger charge is -2.13. The number of nitrogens with one attached hydrogen (secondary N) is 1. The van der Waals surface area contributed by atoms with Crippen molar-refractivity contribution in [2.24, 2.45) is 0 Å². The SMILES string of the molecule is Cc1cc(Cl)ccc1NC(=O)c1cc(-c2ccccc2Cl)nc2ccccc12. The number of amides is 1. The molecule has 0 aliphatic rings. The van der Waals surface area contributed by atoms with Gasteiger partial charge in [0.15, 0.2) is 0 Å². The minimum atomic E-state index is -0.211. The molecule has 1 amide bonds. The summed E-state index contributed by atoms with van der Waals surface area (Å²) < 4.78 is 0. The molecule has 3 aromatic carbocycles. The number of carbonyl (C=O) groups excluding carboxylic acids is 1. The number of halogens is 2. The van der Waals surface area contributed by atoms with Gasteiger partial charge < -0.3 is 5.32 Å². The quantitative estimate of drug-likeness (QED) is 0.407. The average Bonchev–Trinajstić information content (AvgIpc) is 2.69. The second kappa shape index (κ2) is 7.63. The molecule has 5 heteroatoms. The van der Waals surface area contributed by atoms with E-state index >= 15 is 0 Å². The Morgan fingerprint density at radius 3 is 2.46 bits per heavy atom. The van der Waals surface area contributed by atoms with Crippen molar-refractivity contribution in [3.8, 4) is 11.3 Å². The third kappa shape index (κ3) is 3.59. The molecule has 0 aliphatic carbocycles. The summed E-state index contributed by atoms with van der Waals surface area (Å²) in [7, 11) is 0. The molecule has 0 unspecified atom stereocenters. The fourth-order valence-electron chi connectivity index (χ4n) is 3.13. The maximum Gasteiger partial charge on any atom is 0.256 e. The summed E-state index contributed by atoms with van der Waals surface area (Å²) in [6, 6.07) is 22.2. The van der Waals surface area contributed by atoms with Gasteiger partial charge in [-0.15, -0.1) is 0 Å². The van der Waals surface area contributed by atoms with Crippen LogP contribution in [0.15, 0.2) is 72.8 Å². The van der Waals surface area contributed by atoms with Crippen LogP contribution in [-0.4, -0.2) is 10.9 Å². The van der Waals surface area contributed by atoms with E-state index in [-0.39, 0.29) is 5.91 Å². The van der Waals surface area contributed by atoms with Crippen LogP contribution in [0.4, 0.5) is 5.69 Å². The molecule has 4 rings (SSSR count). The molecule has 138 valence electrons. The van der Waals surface area contributed by atoms with Gasteiger partial charge in [-0.1, -0.05) is 59.6 Å². The lowest BCUT2D eigenvalue weighted by Crippen LogP contribution is -2.14. The normalized spacial score (nSPS) is 10.8. The van der Waals surface area contributed by atoms with Crippen LogP contribution >= 0.6 is 23.2 Å². The molecule has 0 saturated heterocycles. The Bertz CT molecular complexity index is 1200. The molecule has 0 saturated carbocycles. The molecule has 0 spiro atoms. The highest BCUT2D eigenvalue weighted by Crippen LogP contribution is 2.30. The topological polar surface area (TPSA) is 42.0 Å². The van der Waals surface area contributed by atoms with Gasteiger partial charge in [-0.2, -0.15) is 0 Å². The molecule has 0 aliphatic heterocycles. The monoisotopic (exact) mass is 406 g/mol. The minimum absolute atomic E-state index is 0.211. The van der Waals surface area contributed by atoms with Crippen molar-refractivity contribution >= 4 is 45.7 Å². The van der Waals surface area contributed by atoms with E-state index in [2.05, 4.69) is 5.32 Å². The van der Waals surface area contributed by atoms with Gasteiger partial charge in [0.25, 0.3) is 5.91 Å². The number of benzene rings is 3. The Morgan fingerprint density at radius 1 is 0.929 bits per heavy atom. The van der Waals surface area contributed by atoms with Gasteiger partial charge in [-0.3, -0.25) is 4.79 Å². The van der Waals surface area contributed by atoms with Crippen molar-refractivity contribution in [2.75, 3.05) is 5.32 Å². The van der Waals surface area contributed by atoms with E-state index in [0.29, 0.717) is 21.3 Å². The highest BCUT2D eigenvalue weighted by molar-refractivity contribution is 6.33. The standard InChI is InChI=1S/C23H16Cl2N2O/c1-14-12-15(24)10-11-20(14)27-23(28)18-13-22(17-7-2-4-8-19(17)25)26-21-9-5-3-6-16(18)21/h2-13H,1H3,(H,27,28). The fraction of sp³-hybridized carbons (Fsp3) is 0.0435. The van der Waals surface area contributed by atoms with Gasteiger partial charge in [0.2, 0.25) is 0 Å². The first kappa shape index (κ1) is 18.5. The Balaban J connectivity index is 1.83. The van der Waals surface area contributed by atoms with Gasteiger partial charge in [0.1, 0.15) is 0 Å². The summed E-state index contributed by atoms with van der Waals surface area (Å²) in [6.45, 7) is 1.90. The van der Waals surface area contributed by atoms with Crippen LogP contribution in [0.3, 0.4) is 0 Å². The molecule has 1 aromatic heterocycles. The van der Waals surface area contributed by atoms with Crippen LogP contribution in [0.25, 0.3) is 22.2 Å². The predicted molar refractivity (Wildman–Crippen MR) is 116 cm³/mol. The van der Waals surface area contributed by atoms with Crippen LogP contribution in [-0.2, 0) is 0 Å². The highest BCUT2D eigenvalue weighted by Gasteiger charge is 2.16. The number of aryl methyl sites for hydroxylation is 1. The third-order valence-electron chi connectivity index (χ3n) is 4.55. The average molecular weight is 407 g/mol. The van der Waals surface area contributed by atoms with Crippen molar-refractivity contribution < 1.29 is 4.79 Å². The number of fused-ring (bicyclic) bond motifs is 1. The lowest BCUT2D eigenvalue weighted by atomic mass is 10.0. The smallest absolute Gasteiger partial charge is 0.256 e. The van der Waals surface area contributed by atoms with E-state index in [9.17, 15) is 4.79 Å². The van der Waals surface area contributed by atoms with Gasteiger partial charge in [0.05, 0.1) is 16.8 Å². The van der Waals surface area contributed by atoms with E-state index < -0.39 is 0 Å². The zero-order valence-corrected chi connectivity index (χ0v) is 16.6. The van der Waals surface area contributed by atoms with Gasteiger partial charge >= 0.3 is 0 Å². The molecule has 28 heavy (non-hydrogen) atoms. The van der Waals surface area contributed by atoms with Gasteiger partial charge in [0, 0.05) is 26.7 Å². The van der Waals surface area contributed by atoms with Crippen LogP contribution < -0.4 is 5.32 Å². The number of hydrogen-bond acceptors (Lipinski definition) is 2. The summed E-state index contributed by atoms with van der Waals surface area (Å²) in [5.41, 5.74) is 4.32. The van der Waals surface area contributed by atoms with Crippen molar-refractivity contribution in [1.29, 1.82) is 0 Å². The first-order valence-corrected chi connectivity index (χ1v) is 9.51. The Labute approximate surface area is 172 Å². The predicted octanol–water partition coefficient (Wildman–Crippen LogP) is 6.77. The van der Waals surface area contributed by atoms with Crippen molar-refractivity contribution in [3.63, 3.8) is 0 Å². The zero-order chi connectivity index (χ0) is 19.7. The molecule has 0 radical (unpaired) electrons. The Kier molecular flexibility index (Phi) is 5.03. The van der Waals surface area contributed by atoms with Gasteiger partial charge in [-0.05, 0) is 48.9 Å². The summed E-state index contributed by atoms with van der Waals surface area (Å²) in [4.78, 5) is 17.8. The summed E-state index contributed by atoms with van der Waals surface area (Å²) in [5, 5.41) is 4.98.